The summed E-state index contributed by atoms with van der Waals surface area (Å²) in [4.78, 5) is 2.70. The van der Waals surface area contributed by atoms with Crippen LogP contribution in [-0.2, 0) is 9.84 Å². The zero-order valence-corrected chi connectivity index (χ0v) is 20.2. The van der Waals surface area contributed by atoms with E-state index in [4.69, 9.17) is 4.74 Å². The number of nitrogens with zero attached hydrogens (tertiary/aromatic N) is 2. The van der Waals surface area contributed by atoms with Gasteiger partial charge in [0.05, 0.1) is 10.4 Å². The van der Waals surface area contributed by atoms with Crippen LogP contribution in [0.15, 0.2) is 70.6 Å². The molecule has 0 bridgehead atoms. The van der Waals surface area contributed by atoms with Gasteiger partial charge < -0.3 is 4.74 Å². The summed E-state index contributed by atoms with van der Waals surface area (Å²) in [5.41, 5.74) is 0.604. The summed E-state index contributed by atoms with van der Waals surface area (Å²) in [6.45, 7) is 5.25. The second-order valence-electron chi connectivity index (χ2n) is 8.40. The molecule has 1 N–H and O–H groups in total. The van der Waals surface area contributed by atoms with Gasteiger partial charge in [-0.3, -0.25) is 10.00 Å². The van der Waals surface area contributed by atoms with Crippen molar-refractivity contribution in [2.75, 3.05) is 19.6 Å². The summed E-state index contributed by atoms with van der Waals surface area (Å²) < 4.78 is 33.4. The van der Waals surface area contributed by atoms with Gasteiger partial charge in [-0.05, 0) is 49.0 Å². The highest BCUT2D eigenvalue weighted by molar-refractivity contribution is 7.91. The molecule has 5 rings (SSSR count). The first-order chi connectivity index (χ1) is 15.6. The summed E-state index contributed by atoms with van der Waals surface area (Å²) in [6.07, 6.45) is 3.49. The molecule has 8 heteroatoms. The average Bonchev–Trinajstić information content (AvgIpc) is 3.44. The topological polar surface area (TPSA) is 75.3 Å². The highest BCUT2D eigenvalue weighted by Crippen LogP contribution is 2.33. The fraction of sp³-hybridized carbons (Fsp3) is 0.320. The van der Waals surface area contributed by atoms with Crippen molar-refractivity contribution in [2.45, 2.75) is 42.2 Å². The lowest BCUT2D eigenvalue weighted by atomic mass is 10.1. The monoisotopic (exact) mass is 485 g/mol. The van der Waals surface area contributed by atoms with E-state index in [0.29, 0.717) is 22.0 Å². The molecule has 1 aromatic heterocycles. The number of fused-ring (bicyclic) bond motifs is 2. The number of ether oxygens (including phenoxy) is 1. The van der Waals surface area contributed by atoms with Crippen LogP contribution in [0.2, 0.25) is 0 Å². The first kappa shape index (κ1) is 23.5. The number of rotatable bonds is 7. The molecule has 4 aromatic rings. The molecular formula is C25H28ClN3O3S. The third kappa shape index (κ3) is 4.58. The van der Waals surface area contributed by atoms with Crippen LogP contribution in [-0.4, -0.2) is 49.3 Å². The zero-order valence-electron chi connectivity index (χ0n) is 18.5. The number of unbranched alkanes of at least 4 members (excludes halogenated alkanes) is 1. The molecule has 0 spiro atoms. The number of H-pyrrole nitrogens is 1. The Morgan fingerprint density at radius 2 is 1.91 bits per heavy atom. The second kappa shape index (κ2) is 9.71. The standard InChI is InChI=1S/C25H27N3O3S.ClH/c1-2-3-14-28-15-13-20(17-28)31-19-11-12-23-22(16-19)25(27-26-23)32(29,30)24-10-6-8-18-7-4-5-9-21(18)24;/h4-12,16,20H,2-3,13-15,17H2,1H3,(H,26,27);1H. The Morgan fingerprint density at radius 3 is 2.76 bits per heavy atom. The normalized spacial score (nSPS) is 16.8. The van der Waals surface area contributed by atoms with Gasteiger partial charge in [0.2, 0.25) is 9.84 Å². The van der Waals surface area contributed by atoms with E-state index in [1.807, 2.05) is 42.5 Å². The molecule has 0 aliphatic carbocycles. The summed E-state index contributed by atoms with van der Waals surface area (Å²) in [5.74, 6) is 0.676. The van der Waals surface area contributed by atoms with Crippen molar-refractivity contribution in [3.63, 3.8) is 0 Å². The van der Waals surface area contributed by atoms with Crippen LogP contribution in [0.5, 0.6) is 5.75 Å². The summed E-state index contributed by atoms with van der Waals surface area (Å²) >= 11 is 0. The van der Waals surface area contributed by atoms with Gasteiger partial charge in [-0.2, -0.15) is 5.10 Å². The maximum Gasteiger partial charge on any atom is 0.224 e. The lowest BCUT2D eigenvalue weighted by Crippen LogP contribution is -2.25. The molecule has 0 saturated carbocycles. The predicted octanol–water partition coefficient (Wildman–Crippen LogP) is 5.22. The quantitative estimate of drug-likeness (QED) is 0.388. The van der Waals surface area contributed by atoms with E-state index in [1.165, 1.54) is 12.8 Å². The average molecular weight is 486 g/mol. The highest BCUT2D eigenvalue weighted by atomic mass is 35.5. The minimum Gasteiger partial charge on any atom is -0.489 e. The zero-order chi connectivity index (χ0) is 22.1. The van der Waals surface area contributed by atoms with E-state index in [1.54, 1.807) is 18.2 Å². The Hall–Kier alpha value is -2.61. The van der Waals surface area contributed by atoms with Crippen LogP contribution in [0, 0.1) is 0 Å². The van der Waals surface area contributed by atoms with Crippen LogP contribution in [0.25, 0.3) is 21.7 Å². The molecule has 1 atom stereocenters. The van der Waals surface area contributed by atoms with Gasteiger partial charge in [0.25, 0.3) is 0 Å². The van der Waals surface area contributed by atoms with Gasteiger partial charge in [-0.1, -0.05) is 49.7 Å². The third-order valence-corrected chi connectivity index (χ3v) is 7.94. The number of nitrogens with one attached hydrogen (secondary N) is 1. The Labute approximate surface area is 200 Å². The van der Waals surface area contributed by atoms with Crippen molar-refractivity contribution in [3.05, 3.63) is 60.7 Å². The molecule has 1 aliphatic rings. The largest absolute Gasteiger partial charge is 0.489 e. The van der Waals surface area contributed by atoms with Crippen molar-refractivity contribution in [1.29, 1.82) is 0 Å². The first-order valence-corrected chi connectivity index (χ1v) is 12.6. The van der Waals surface area contributed by atoms with E-state index < -0.39 is 9.84 Å². The summed E-state index contributed by atoms with van der Waals surface area (Å²) in [7, 11) is -3.79. The van der Waals surface area contributed by atoms with Crippen LogP contribution in [0.3, 0.4) is 0 Å². The maximum atomic E-state index is 13.6. The smallest absolute Gasteiger partial charge is 0.224 e. The van der Waals surface area contributed by atoms with Gasteiger partial charge in [-0.15, -0.1) is 12.4 Å². The van der Waals surface area contributed by atoms with E-state index in [2.05, 4.69) is 22.0 Å². The van der Waals surface area contributed by atoms with E-state index >= 15 is 0 Å². The molecule has 6 nitrogen and oxygen atoms in total. The number of aromatic amines is 1. The number of likely N-dealkylation sites (tertiary alicyclic amines) is 1. The Bertz CT molecular complexity index is 1360. The predicted molar refractivity (Wildman–Crippen MR) is 133 cm³/mol. The van der Waals surface area contributed by atoms with Crippen molar-refractivity contribution < 1.29 is 13.2 Å². The first-order valence-electron chi connectivity index (χ1n) is 11.2. The van der Waals surface area contributed by atoms with E-state index in [-0.39, 0.29) is 28.4 Å². The van der Waals surface area contributed by atoms with Gasteiger partial charge in [-0.25, -0.2) is 8.42 Å². The molecule has 174 valence electrons. The minimum atomic E-state index is -3.79. The van der Waals surface area contributed by atoms with Crippen LogP contribution < -0.4 is 4.74 Å². The SMILES string of the molecule is CCCCN1CCC(Oc2ccc3n[nH]c(S(=O)(=O)c4cccc5ccccc45)c3c2)C1.Cl. The van der Waals surface area contributed by atoms with Gasteiger partial charge in [0.1, 0.15) is 11.9 Å². The minimum absolute atomic E-state index is 0. The van der Waals surface area contributed by atoms with Crippen LogP contribution in [0.1, 0.15) is 26.2 Å². The van der Waals surface area contributed by atoms with E-state index in [9.17, 15) is 8.42 Å². The number of sulfone groups is 1. The summed E-state index contributed by atoms with van der Waals surface area (Å²) in [6, 6.07) is 18.3. The van der Waals surface area contributed by atoms with Crippen molar-refractivity contribution in [3.8, 4) is 5.75 Å². The molecule has 1 aliphatic heterocycles. The molecule has 2 heterocycles. The lowest BCUT2D eigenvalue weighted by Gasteiger charge is -2.16. The Kier molecular flexibility index (Phi) is 6.93. The number of aromatic nitrogens is 2. The lowest BCUT2D eigenvalue weighted by molar-refractivity contribution is 0.200. The van der Waals surface area contributed by atoms with Crippen molar-refractivity contribution in [1.82, 2.24) is 15.1 Å². The number of halogens is 1. The Balaban J connectivity index is 0.00000259. The second-order valence-corrected chi connectivity index (χ2v) is 10.3. The number of benzene rings is 3. The Morgan fingerprint density at radius 1 is 1.09 bits per heavy atom. The third-order valence-electron chi connectivity index (χ3n) is 6.16. The molecule has 1 fully saturated rings. The molecule has 1 unspecified atom stereocenters. The molecule has 3 aromatic carbocycles. The molecule has 33 heavy (non-hydrogen) atoms. The molecule has 1 saturated heterocycles. The van der Waals surface area contributed by atoms with Crippen molar-refractivity contribution in [2.24, 2.45) is 0 Å². The van der Waals surface area contributed by atoms with Gasteiger partial charge in [0.15, 0.2) is 5.03 Å². The maximum absolute atomic E-state index is 13.6. The highest BCUT2D eigenvalue weighted by Gasteiger charge is 2.27. The van der Waals surface area contributed by atoms with Crippen LogP contribution >= 0.6 is 12.4 Å². The fourth-order valence-electron chi connectivity index (χ4n) is 4.45. The van der Waals surface area contributed by atoms with Crippen molar-refractivity contribution >= 4 is 43.9 Å². The molecular weight excluding hydrogens is 458 g/mol. The number of hydrogen-bond acceptors (Lipinski definition) is 5. The summed E-state index contributed by atoms with van der Waals surface area (Å²) in [5, 5.41) is 9.24. The van der Waals surface area contributed by atoms with Gasteiger partial charge >= 0.3 is 0 Å². The fourth-order valence-corrected chi connectivity index (χ4v) is 6.03. The molecule has 0 radical (unpaired) electrons. The van der Waals surface area contributed by atoms with Crippen LogP contribution in [0.4, 0.5) is 0 Å². The van der Waals surface area contributed by atoms with Gasteiger partial charge in [0, 0.05) is 23.9 Å². The number of hydrogen-bond donors (Lipinski definition) is 1. The van der Waals surface area contributed by atoms with E-state index in [0.717, 1.165) is 31.4 Å². The molecule has 0 amide bonds.